The van der Waals surface area contributed by atoms with Gasteiger partial charge in [0.2, 0.25) is 0 Å². The summed E-state index contributed by atoms with van der Waals surface area (Å²) in [4.78, 5) is 0. The molecule has 0 fully saturated rings. The largest absolute Gasteiger partial charge is 0.173 e. The minimum Gasteiger partial charge on any atom is -0.173 e. The minimum absolute atomic E-state index is 0.928. The van der Waals surface area contributed by atoms with E-state index in [1.807, 2.05) is 24.3 Å². The Kier molecular flexibility index (Phi) is 2.12. The fourth-order valence-corrected chi connectivity index (χ4v) is 3.15. The van der Waals surface area contributed by atoms with Gasteiger partial charge in [0.1, 0.15) is 22.1 Å². The molecular formula is C12H6N4S2. The summed E-state index contributed by atoms with van der Waals surface area (Å²) in [5.74, 6) is 0. The normalized spacial score (nSPS) is 11.3. The van der Waals surface area contributed by atoms with Crippen molar-refractivity contribution in [2.75, 3.05) is 0 Å². The third-order valence-electron chi connectivity index (χ3n) is 2.86. The molecule has 4 rings (SSSR count). The van der Waals surface area contributed by atoms with Crippen LogP contribution in [0.4, 0.5) is 0 Å². The predicted octanol–water partition coefficient (Wildman–Crippen LogP) is 3.36. The zero-order chi connectivity index (χ0) is 11.9. The van der Waals surface area contributed by atoms with Gasteiger partial charge >= 0.3 is 0 Å². The van der Waals surface area contributed by atoms with Crippen molar-refractivity contribution in [1.82, 2.24) is 17.5 Å². The van der Waals surface area contributed by atoms with Gasteiger partial charge in [0.25, 0.3) is 0 Å². The van der Waals surface area contributed by atoms with E-state index in [1.165, 1.54) is 23.5 Å². The highest BCUT2D eigenvalue weighted by atomic mass is 32.1. The molecule has 2 aromatic heterocycles. The highest BCUT2D eigenvalue weighted by Gasteiger charge is 2.11. The molecule has 2 aromatic carbocycles. The molecule has 0 N–H and O–H groups in total. The quantitative estimate of drug-likeness (QED) is 0.532. The molecule has 0 saturated heterocycles. The van der Waals surface area contributed by atoms with E-state index in [0.29, 0.717) is 0 Å². The van der Waals surface area contributed by atoms with E-state index >= 15 is 0 Å². The maximum atomic E-state index is 4.37. The fraction of sp³-hybridized carbons (Fsp3) is 0. The number of fused-ring (bicyclic) bond motifs is 2. The summed E-state index contributed by atoms with van der Waals surface area (Å²) in [6.07, 6.45) is 0. The monoisotopic (exact) mass is 270 g/mol. The molecule has 0 spiro atoms. The second kappa shape index (κ2) is 3.79. The van der Waals surface area contributed by atoms with Crippen molar-refractivity contribution in [2.24, 2.45) is 0 Å². The maximum Gasteiger partial charge on any atom is 0.112 e. The first-order chi connectivity index (χ1) is 8.93. The van der Waals surface area contributed by atoms with E-state index in [4.69, 9.17) is 0 Å². The summed E-state index contributed by atoms with van der Waals surface area (Å²) in [7, 11) is 0. The molecule has 0 aliphatic heterocycles. The van der Waals surface area contributed by atoms with Crippen LogP contribution in [0.1, 0.15) is 0 Å². The summed E-state index contributed by atoms with van der Waals surface area (Å²) in [6, 6.07) is 12.1. The molecule has 0 bridgehead atoms. The van der Waals surface area contributed by atoms with Gasteiger partial charge < -0.3 is 0 Å². The van der Waals surface area contributed by atoms with E-state index in [2.05, 4.69) is 29.6 Å². The topological polar surface area (TPSA) is 51.6 Å². The fourth-order valence-electron chi connectivity index (χ4n) is 2.05. The lowest BCUT2D eigenvalue weighted by Crippen LogP contribution is -1.82. The number of hydrogen-bond acceptors (Lipinski definition) is 6. The number of rotatable bonds is 1. The van der Waals surface area contributed by atoms with Crippen molar-refractivity contribution in [1.29, 1.82) is 0 Å². The van der Waals surface area contributed by atoms with Crippen LogP contribution in [0, 0.1) is 0 Å². The van der Waals surface area contributed by atoms with Gasteiger partial charge in [0.15, 0.2) is 0 Å². The first-order valence-electron chi connectivity index (χ1n) is 5.36. The molecule has 0 unspecified atom stereocenters. The van der Waals surface area contributed by atoms with Crippen LogP contribution >= 0.6 is 23.5 Å². The van der Waals surface area contributed by atoms with Crippen molar-refractivity contribution in [3.8, 4) is 11.1 Å². The van der Waals surface area contributed by atoms with Crippen molar-refractivity contribution < 1.29 is 0 Å². The maximum absolute atomic E-state index is 4.37. The van der Waals surface area contributed by atoms with E-state index in [-0.39, 0.29) is 0 Å². The second-order valence-electron chi connectivity index (χ2n) is 3.88. The van der Waals surface area contributed by atoms with Crippen LogP contribution in [0.3, 0.4) is 0 Å². The summed E-state index contributed by atoms with van der Waals surface area (Å²) in [5, 5.41) is 0. The van der Waals surface area contributed by atoms with Crippen molar-refractivity contribution in [3.63, 3.8) is 0 Å². The molecule has 4 aromatic rings. The van der Waals surface area contributed by atoms with Gasteiger partial charge in [-0.15, -0.1) is 0 Å². The molecule has 86 valence electrons. The Morgan fingerprint density at radius 2 is 1.11 bits per heavy atom. The lowest BCUT2D eigenvalue weighted by atomic mass is 10.0. The summed E-state index contributed by atoms with van der Waals surface area (Å²) in [5.41, 5.74) is 5.86. The van der Waals surface area contributed by atoms with Gasteiger partial charge in [0.05, 0.1) is 23.5 Å². The molecule has 0 aliphatic rings. The zero-order valence-electron chi connectivity index (χ0n) is 9.07. The second-order valence-corrected chi connectivity index (χ2v) is 4.93. The van der Waals surface area contributed by atoms with Gasteiger partial charge in [-0.25, -0.2) is 0 Å². The highest BCUT2D eigenvalue weighted by Crippen LogP contribution is 2.31. The molecule has 2 heterocycles. The third kappa shape index (κ3) is 1.36. The van der Waals surface area contributed by atoms with E-state index in [0.717, 1.165) is 33.2 Å². The van der Waals surface area contributed by atoms with E-state index < -0.39 is 0 Å². The molecule has 0 saturated carbocycles. The van der Waals surface area contributed by atoms with Gasteiger partial charge in [-0.05, 0) is 12.1 Å². The third-order valence-corrected chi connectivity index (χ3v) is 3.95. The van der Waals surface area contributed by atoms with Gasteiger partial charge in [-0.1, -0.05) is 24.3 Å². The molecule has 0 aliphatic carbocycles. The lowest BCUT2D eigenvalue weighted by molar-refractivity contribution is 1.59. The van der Waals surface area contributed by atoms with Crippen molar-refractivity contribution in [2.45, 2.75) is 0 Å². The first-order valence-corrected chi connectivity index (χ1v) is 6.82. The van der Waals surface area contributed by atoms with Crippen LogP contribution in [-0.4, -0.2) is 17.5 Å². The molecule has 6 heteroatoms. The van der Waals surface area contributed by atoms with Gasteiger partial charge in [-0.3, -0.25) is 0 Å². The lowest BCUT2D eigenvalue weighted by Gasteiger charge is -2.02. The number of aromatic nitrogens is 4. The summed E-state index contributed by atoms with van der Waals surface area (Å²) < 4.78 is 17.3. The Bertz CT molecular complexity index is 777. The van der Waals surface area contributed by atoms with Crippen LogP contribution in [0.25, 0.3) is 33.2 Å². The molecule has 0 amide bonds. The number of hydrogen-bond donors (Lipinski definition) is 0. The predicted molar refractivity (Wildman–Crippen MR) is 73.8 cm³/mol. The summed E-state index contributed by atoms with van der Waals surface area (Å²) >= 11 is 2.47. The first kappa shape index (κ1) is 10.0. The standard InChI is InChI=1S/C12H6N4S2/c1-3-7(11-9(5-1)13-17-15-11)8-4-2-6-10-12(8)16-18-14-10/h1-6H. The van der Waals surface area contributed by atoms with Crippen LogP contribution in [0.5, 0.6) is 0 Å². The molecular weight excluding hydrogens is 264 g/mol. The van der Waals surface area contributed by atoms with Crippen molar-refractivity contribution >= 4 is 45.5 Å². The van der Waals surface area contributed by atoms with E-state index in [1.54, 1.807) is 0 Å². The van der Waals surface area contributed by atoms with Crippen LogP contribution < -0.4 is 0 Å². The Labute approximate surface area is 111 Å². The molecule has 0 atom stereocenters. The Morgan fingerprint density at radius 3 is 1.61 bits per heavy atom. The van der Waals surface area contributed by atoms with Crippen LogP contribution in [0.15, 0.2) is 36.4 Å². The van der Waals surface area contributed by atoms with Gasteiger partial charge in [0, 0.05) is 11.1 Å². The molecule has 0 radical (unpaired) electrons. The molecule has 4 nitrogen and oxygen atoms in total. The zero-order valence-corrected chi connectivity index (χ0v) is 10.7. The SMILES string of the molecule is c1cc(-c2cccc3nsnc23)c2nsnc2c1. The smallest absolute Gasteiger partial charge is 0.112 e. The van der Waals surface area contributed by atoms with Crippen molar-refractivity contribution in [3.05, 3.63) is 36.4 Å². The highest BCUT2D eigenvalue weighted by molar-refractivity contribution is 7.00. The minimum atomic E-state index is 0.928. The Hall–Kier alpha value is -1.92. The average Bonchev–Trinajstić information content (AvgIpc) is 3.06. The number of nitrogens with zero attached hydrogens (tertiary/aromatic N) is 4. The number of benzene rings is 2. The Balaban J connectivity index is 2.13. The van der Waals surface area contributed by atoms with Crippen LogP contribution in [0.2, 0.25) is 0 Å². The summed E-state index contributed by atoms with van der Waals surface area (Å²) in [6.45, 7) is 0. The van der Waals surface area contributed by atoms with Crippen LogP contribution in [-0.2, 0) is 0 Å². The van der Waals surface area contributed by atoms with Gasteiger partial charge in [-0.2, -0.15) is 17.5 Å². The Morgan fingerprint density at radius 1 is 0.611 bits per heavy atom. The average molecular weight is 270 g/mol. The van der Waals surface area contributed by atoms with E-state index in [9.17, 15) is 0 Å². The molecule has 18 heavy (non-hydrogen) atoms.